The third kappa shape index (κ3) is 17.2. The summed E-state index contributed by atoms with van der Waals surface area (Å²) >= 11 is 6.11. The molecule has 0 radical (unpaired) electrons. The number of hydrogen-bond acceptors (Lipinski definition) is 9. The first kappa shape index (κ1) is 69.9. The van der Waals surface area contributed by atoms with E-state index in [1.165, 1.54) is 69.8 Å². The normalized spacial score (nSPS) is 16.0. The van der Waals surface area contributed by atoms with Gasteiger partial charge in [0.15, 0.2) is 5.60 Å². The Morgan fingerprint density at radius 1 is 0.530 bits per heavy atom. The van der Waals surface area contributed by atoms with Crippen molar-refractivity contribution in [1.82, 2.24) is 0 Å². The van der Waals surface area contributed by atoms with Crippen molar-refractivity contribution >= 4 is 59.9 Å². The van der Waals surface area contributed by atoms with Gasteiger partial charge >= 0.3 is 0 Å². The van der Waals surface area contributed by atoms with Crippen molar-refractivity contribution in [1.29, 1.82) is 0 Å². The van der Waals surface area contributed by atoms with Crippen molar-refractivity contribution in [3.05, 3.63) is 167 Å². The summed E-state index contributed by atoms with van der Waals surface area (Å²) in [7, 11) is -9.61. The third-order valence-corrected chi connectivity index (χ3v) is 29.5. The van der Waals surface area contributed by atoms with Crippen LogP contribution in [0.5, 0.6) is 0 Å². The summed E-state index contributed by atoms with van der Waals surface area (Å²) < 4.78 is 62.3. The van der Waals surface area contributed by atoms with E-state index in [9.17, 15) is 23.3 Å². The molecular weight excluding hydrogens is 1110 g/mol. The summed E-state index contributed by atoms with van der Waals surface area (Å²) in [4.78, 5) is 27.8. The van der Waals surface area contributed by atoms with Crippen molar-refractivity contribution in [2.45, 2.75) is 220 Å². The zero-order valence-electron chi connectivity index (χ0n) is 52.4. The molecule has 0 saturated heterocycles. The second-order valence-corrected chi connectivity index (χ2v) is 33.7. The summed E-state index contributed by atoms with van der Waals surface area (Å²) in [5.74, 6) is 0. The monoisotopic (exact) mass is 1210 g/mol. The average molecular weight is 1210 g/mol. The maximum absolute atomic E-state index is 14.7. The maximum atomic E-state index is 14.7. The van der Waals surface area contributed by atoms with Crippen LogP contribution in [0, 0.1) is 20.8 Å². The summed E-state index contributed by atoms with van der Waals surface area (Å²) in [6.07, 6.45) is 20.7. The molecule has 0 heterocycles. The lowest BCUT2D eigenvalue weighted by Gasteiger charge is -2.43. The molecule has 2 saturated carbocycles. The molecule has 2 atom stereocenters. The fourth-order valence-corrected chi connectivity index (χ4v) is 23.9. The van der Waals surface area contributed by atoms with Crippen molar-refractivity contribution in [2.24, 2.45) is 0 Å². The highest BCUT2D eigenvalue weighted by atomic mass is 32.1. The van der Waals surface area contributed by atoms with Gasteiger partial charge < -0.3 is 27.9 Å². The lowest BCUT2D eigenvalue weighted by molar-refractivity contribution is -0.160. The lowest BCUT2D eigenvalue weighted by atomic mass is 9.87. The van der Waals surface area contributed by atoms with Crippen molar-refractivity contribution in [3.63, 3.8) is 0 Å². The van der Waals surface area contributed by atoms with Crippen LogP contribution in [0.1, 0.15) is 209 Å². The number of thiocarbonyl (C=S) groups is 1. The van der Waals surface area contributed by atoms with E-state index in [2.05, 4.69) is 45.0 Å². The van der Waals surface area contributed by atoms with Gasteiger partial charge in [-0.15, -0.1) is 0 Å². The summed E-state index contributed by atoms with van der Waals surface area (Å²) in [6.45, 7) is 22.6. The number of ether oxygens (including phenoxy) is 3. The molecule has 0 bridgehead atoms. The minimum Gasteiger partial charge on any atom is -0.362 e. The van der Waals surface area contributed by atoms with Gasteiger partial charge in [-0.25, -0.2) is 0 Å². The predicted octanol–water partition coefficient (Wildman–Crippen LogP) is 19.8. The number of carbonyl (C=O) groups excluding carboxylic acids is 2. The average Bonchev–Trinajstić information content (AvgIpc) is 3.60. The number of hydrogen-bond donors (Lipinski definition) is 0. The van der Waals surface area contributed by atoms with E-state index in [4.69, 9.17) is 26.4 Å². The molecule has 8 nitrogen and oxygen atoms in total. The van der Waals surface area contributed by atoms with Gasteiger partial charge in [0.1, 0.15) is 7.14 Å². The Balaban J connectivity index is 0.000000231. The molecule has 7 rings (SSSR count). The molecule has 2 aliphatic carbocycles. The molecule has 2 unspecified atom stereocenters. The Kier molecular flexibility index (Phi) is 28.0. The Hall–Kier alpha value is -3.90. The molecule has 2 aliphatic rings. The second-order valence-electron chi connectivity index (χ2n) is 23.8. The van der Waals surface area contributed by atoms with E-state index in [1.807, 2.05) is 126 Å². The SMILES string of the molecule is CC(C)(C(=S)P(=O)(C1CCCCC1)C1CCCCC1)c1ccccc1.CCCCCCCCOC(C)(C(=O)P(=O)(c1ccccc1)c1ccccc1)c1ccccc1.CCCCP(=O)(C(=O)c1c(C)cc(C)cc1C)C(C)(OCC)OCC. The highest BCUT2D eigenvalue weighted by Crippen LogP contribution is 2.67. The lowest BCUT2D eigenvalue weighted by Crippen LogP contribution is -2.40. The maximum Gasteiger partial charge on any atom is 0.235 e. The molecule has 0 aromatic heterocycles. The van der Waals surface area contributed by atoms with E-state index >= 15 is 0 Å². The minimum absolute atomic E-state index is 0.291. The second kappa shape index (κ2) is 33.3. The molecule has 5 aromatic carbocycles. The predicted molar refractivity (Wildman–Crippen MR) is 355 cm³/mol. The first-order chi connectivity index (χ1) is 39.7. The van der Waals surface area contributed by atoms with E-state index in [0.717, 1.165) is 71.8 Å². The number of unbranched alkanes of at least 4 members (excludes halogenated alkanes) is 6. The molecule has 0 spiro atoms. The quantitative estimate of drug-likeness (QED) is 0.0209. The molecule has 0 aliphatic heterocycles. The van der Waals surface area contributed by atoms with Crippen LogP contribution in [0.3, 0.4) is 0 Å². The van der Waals surface area contributed by atoms with Gasteiger partial charge in [0.2, 0.25) is 30.9 Å². The first-order valence-electron chi connectivity index (χ1n) is 31.3. The fourth-order valence-electron chi connectivity index (χ4n) is 12.5. The van der Waals surface area contributed by atoms with Crippen LogP contribution < -0.4 is 10.6 Å². The smallest absolute Gasteiger partial charge is 0.235 e. The van der Waals surface area contributed by atoms with E-state index in [0.29, 0.717) is 59.9 Å². The largest absolute Gasteiger partial charge is 0.362 e. The standard InChI is InChI=1S/C29H35O3P.C22H33OPS.C20H33O4P/c1-3-4-5-6-7-17-24-32-29(2,25-18-11-8-12-19-25)28(30)33(31,26-20-13-9-14-21-26)27-22-15-10-16-23-27;1-22(2,18-12-6-3-7-13-18)21(25)24(23,19-14-8-4-9-15-19)20-16-10-5-11-17-20;1-8-11-12-25(22,20(7,23-9-2)24-10-3)19(21)18-16(5)13-15(4)14-17(18)6/h8-16,18-23H,3-7,17,24H2,1-2H3;3,6-7,12-13,19-20H,4-5,8-11,14-17H2,1-2H3;13-14H,8-12H2,1-7H3. The Morgan fingerprint density at radius 3 is 1.37 bits per heavy atom. The van der Waals surface area contributed by atoms with Crippen LogP contribution >= 0.6 is 33.6 Å². The molecule has 12 heteroatoms. The summed E-state index contributed by atoms with van der Waals surface area (Å²) in [6, 6.07) is 42.1. The molecule has 2 fully saturated rings. The van der Waals surface area contributed by atoms with Gasteiger partial charge in [0, 0.05) is 58.9 Å². The molecule has 0 amide bonds. The van der Waals surface area contributed by atoms with Crippen molar-refractivity contribution in [3.8, 4) is 0 Å². The first-order valence-corrected chi connectivity index (χ1v) is 37.2. The van der Waals surface area contributed by atoms with Gasteiger partial charge in [-0.05, 0) is 109 Å². The number of aryl methyl sites for hydroxylation is 3. The van der Waals surface area contributed by atoms with Gasteiger partial charge in [-0.3, -0.25) is 9.59 Å². The summed E-state index contributed by atoms with van der Waals surface area (Å²) in [5.41, 5.74) is 2.30. The minimum atomic E-state index is -3.64. The van der Waals surface area contributed by atoms with Gasteiger partial charge in [-0.2, -0.15) is 0 Å². The Bertz CT molecular complexity index is 2840. The van der Waals surface area contributed by atoms with E-state index in [1.54, 1.807) is 38.1 Å². The van der Waals surface area contributed by atoms with E-state index < -0.39 is 32.6 Å². The Morgan fingerprint density at radius 2 is 0.940 bits per heavy atom. The number of benzene rings is 5. The van der Waals surface area contributed by atoms with Crippen LogP contribution in [0.15, 0.2) is 133 Å². The van der Waals surface area contributed by atoms with Gasteiger partial charge in [0.05, 0.1) is 4.61 Å². The highest BCUT2D eigenvalue weighted by molar-refractivity contribution is 8.02. The molecule has 0 N–H and O–H groups in total. The van der Waals surface area contributed by atoms with E-state index in [-0.39, 0.29) is 16.5 Å². The summed E-state index contributed by atoms with van der Waals surface area (Å²) in [5, 5.41) is 1.07. The van der Waals surface area contributed by atoms with Gasteiger partial charge in [-0.1, -0.05) is 256 Å². The number of rotatable bonds is 28. The molecule has 83 heavy (non-hydrogen) atoms. The van der Waals surface area contributed by atoms with Crippen LogP contribution in [0.2, 0.25) is 0 Å². The fraction of sp³-hybridized carbons (Fsp3) is 0.535. The van der Waals surface area contributed by atoms with Gasteiger partial charge in [0.25, 0.3) is 0 Å². The zero-order chi connectivity index (χ0) is 60.7. The molecule has 5 aromatic rings. The van der Waals surface area contributed by atoms with Crippen molar-refractivity contribution < 1.29 is 37.5 Å². The third-order valence-electron chi connectivity index (χ3n) is 17.3. The van der Waals surface area contributed by atoms with Crippen LogP contribution in [0.25, 0.3) is 0 Å². The molecule has 454 valence electrons. The Labute approximate surface area is 507 Å². The van der Waals surface area contributed by atoms with Crippen LogP contribution in [-0.2, 0) is 43.7 Å². The molecular formula is C71H101O8P3S. The van der Waals surface area contributed by atoms with Crippen molar-refractivity contribution in [2.75, 3.05) is 26.0 Å². The van der Waals surface area contributed by atoms with Crippen LogP contribution in [-0.4, -0.2) is 58.5 Å². The topological polar surface area (TPSA) is 113 Å². The van der Waals surface area contributed by atoms with Crippen LogP contribution in [0.4, 0.5) is 0 Å². The number of carbonyl (C=O) groups is 2. The highest BCUT2D eigenvalue weighted by Gasteiger charge is 2.53. The zero-order valence-corrected chi connectivity index (χ0v) is 55.9.